The molecule has 0 aromatic heterocycles. The van der Waals surface area contributed by atoms with Crippen molar-refractivity contribution in [3.8, 4) is 0 Å². The molecule has 3 aliphatic carbocycles. The first-order chi connectivity index (χ1) is 27.9. The van der Waals surface area contributed by atoms with E-state index in [1.54, 1.807) is 92.7 Å². The number of hydrogen-bond acceptors (Lipinski definition) is 13. The van der Waals surface area contributed by atoms with E-state index in [1.807, 2.05) is 0 Å². The number of fused-ring (bicyclic) bond motifs is 5. The van der Waals surface area contributed by atoms with Gasteiger partial charge in [-0.25, -0.2) is 9.59 Å². The molecule has 1 heterocycles. The van der Waals surface area contributed by atoms with Gasteiger partial charge in [-0.15, -0.1) is 0 Å². The maximum atomic E-state index is 14.8. The lowest BCUT2D eigenvalue weighted by atomic mass is 9.44. The molecule has 1 amide bonds. The number of benzene rings is 3. The van der Waals surface area contributed by atoms with E-state index in [0.29, 0.717) is 5.56 Å². The lowest BCUT2D eigenvalue weighted by Crippen LogP contribution is -2.81. The Kier molecular flexibility index (Phi) is 10.9. The minimum atomic E-state index is -2.34. The molecule has 11 atom stereocenters. The molecule has 14 heteroatoms. The second kappa shape index (κ2) is 15.4. The van der Waals surface area contributed by atoms with Crippen molar-refractivity contribution in [1.82, 2.24) is 5.32 Å². The summed E-state index contributed by atoms with van der Waals surface area (Å²) in [5, 5.41) is 52.4. The largest absolute Gasteiger partial charge is 0.455 e. The van der Waals surface area contributed by atoms with E-state index in [1.165, 1.54) is 26.0 Å². The number of hydrogen-bond donors (Lipinski definition) is 5. The minimum absolute atomic E-state index is 0.0540. The van der Waals surface area contributed by atoms with E-state index in [9.17, 15) is 44.4 Å². The van der Waals surface area contributed by atoms with Crippen LogP contribution in [0.15, 0.2) is 102 Å². The summed E-state index contributed by atoms with van der Waals surface area (Å²) >= 11 is 0. The quantitative estimate of drug-likeness (QED) is 0.120. The second-order valence-corrected chi connectivity index (χ2v) is 16.8. The predicted octanol–water partition coefficient (Wildman–Crippen LogP) is 3.16. The molecule has 3 aromatic carbocycles. The third-order valence-corrected chi connectivity index (χ3v) is 13.2. The molecular weight excluding hydrogens is 762 g/mol. The Morgan fingerprint density at radius 1 is 0.847 bits per heavy atom. The number of aliphatic hydroxyl groups excluding tert-OH is 2. The molecule has 7 rings (SSSR count). The number of carbonyl (C=O) groups is 5. The first-order valence-electron chi connectivity index (χ1n) is 19.6. The number of esters is 3. The Labute approximate surface area is 341 Å². The number of aliphatic hydroxyl groups is 4. The van der Waals surface area contributed by atoms with E-state index in [2.05, 4.69) is 5.32 Å². The molecular formula is C45H49NO13. The highest BCUT2D eigenvalue weighted by atomic mass is 16.6. The summed E-state index contributed by atoms with van der Waals surface area (Å²) in [5.74, 6) is -5.97. The van der Waals surface area contributed by atoms with Crippen LogP contribution in [0.2, 0.25) is 0 Å². The number of amides is 1. The van der Waals surface area contributed by atoms with Gasteiger partial charge in [-0.3, -0.25) is 14.4 Å². The van der Waals surface area contributed by atoms with Gasteiger partial charge in [0.2, 0.25) is 6.10 Å². The average molecular weight is 812 g/mol. The topological polar surface area (TPSA) is 215 Å². The van der Waals surface area contributed by atoms with Crippen molar-refractivity contribution < 1.29 is 63.3 Å². The Bertz CT molecular complexity index is 2160. The van der Waals surface area contributed by atoms with E-state index in [4.69, 9.17) is 18.9 Å². The van der Waals surface area contributed by atoms with E-state index >= 15 is 0 Å². The average Bonchev–Trinajstić information content (AvgIpc) is 3.21. The molecule has 1 saturated heterocycles. The molecule has 3 fully saturated rings. The summed E-state index contributed by atoms with van der Waals surface area (Å²) in [6, 6.07) is 23.1. The number of ether oxygens (including phenoxy) is 4. The van der Waals surface area contributed by atoms with Crippen molar-refractivity contribution in [2.75, 3.05) is 6.61 Å². The summed E-state index contributed by atoms with van der Waals surface area (Å²) in [6.45, 7) is 6.76. The zero-order chi connectivity index (χ0) is 42.7. The maximum absolute atomic E-state index is 14.8. The van der Waals surface area contributed by atoms with Crippen LogP contribution in [-0.4, -0.2) is 104 Å². The van der Waals surface area contributed by atoms with Crippen LogP contribution in [0.1, 0.15) is 79.8 Å². The number of rotatable bonds is 9. The first-order valence-corrected chi connectivity index (χ1v) is 19.6. The molecule has 0 spiro atoms. The molecule has 14 nitrogen and oxygen atoms in total. The Morgan fingerprint density at radius 3 is 1.98 bits per heavy atom. The highest BCUT2D eigenvalue weighted by Gasteiger charge is 2.76. The van der Waals surface area contributed by atoms with Crippen LogP contribution >= 0.6 is 0 Å². The zero-order valence-corrected chi connectivity index (χ0v) is 33.4. The molecule has 3 aromatic rings. The van der Waals surface area contributed by atoms with E-state index < -0.39 is 107 Å². The summed E-state index contributed by atoms with van der Waals surface area (Å²) < 4.78 is 23.7. The van der Waals surface area contributed by atoms with Gasteiger partial charge in [0.1, 0.15) is 35.6 Å². The van der Waals surface area contributed by atoms with Crippen LogP contribution in [-0.2, 0) is 33.3 Å². The van der Waals surface area contributed by atoms with Gasteiger partial charge in [0.05, 0.1) is 29.8 Å². The molecule has 4 aliphatic rings. The fourth-order valence-corrected chi connectivity index (χ4v) is 9.82. The Hall–Kier alpha value is -5.25. The van der Waals surface area contributed by atoms with Crippen molar-refractivity contribution in [3.63, 3.8) is 0 Å². The van der Waals surface area contributed by atoms with Crippen molar-refractivity contribution in [2.24, 2.45) is 16.7 Å². The molecule has 0 radical (unpaired) electrons. The van der Waals surface area contributed by atoms with Crippen molar-refractivity contribution >= 4 is 29.6 Å². The predicted molar refractivity (Wildman–Crippen MR) is 208 cm³/mol. The number of nitrogens with one attached hydrogen (secondary N) is 1. The second-order valence-electron chi connectivity index (χ2n) is 16.8. The molecule has 2 saturated carbocycles. The smallest absolute Gasteiger partial charge is 0.350 e. The highest BCUT2D eigenvalue weighted by molar-refractivity contribution is 5.95. The standard InChI is InChI=1S/C45H49NO13/c1-24-29(58-41(53)35(57-25(2)47)33(26-15-9-6-10-16-26)46-39(51)27-17-11-7-12-18-27)22-45(55)38(59-40(52)28-19-13-8-14-20-28)36-43(5,30(48)21-31-44(36,54)23-56-31)37(50)34(49)32(24)42(45,3)4/h6-20,29-31,33-36,38,48-49,54-55H,21-23H2,1-5H3,(H,46,51)/t29?,30?,31?,33?,34?,35?,36?,38?,43-,44?,45?/m1/s1. The first kappa shape index (κ1) is 41.9. The van der Waals surface area contributed by atoms with Gasteiger partial charge < -0.3 is 44.7 Å². The van der Waals surface area contributed by atoms with Crippen molar-refractivity contribution in [2.45, 2.75) is 101 Å². The fourth-order valence-electron chi connectivity index (χ4n) is 9.82. The van der Waals surface area contributed by atoms with Gasteiger partial charge >= 0.3 is 17.9 Å². The lowest BCUT2D eigenvalue weighted by molar-refractivity contribution is -0.343. The van der Waals surface area contributed by atoms with Gasteiger partial charge in [0.25, 0.3) is 5.91 Å². The van der Waals surface area contributed by atoms with Crippen LogP contribution in [0.25, 0.3) is 0 Å². The van der Waals surface area contributed by atoms with Crippen LogP contribution in [0, 0.1) is 16.7 Å². The summed E-state index contributed by atoms with van der Waals surface area (Å²) in [7, 11) is 0. The number of Topliss-reactive ketones (excluding diaryl/α,β-unsaturated/α-hetero) is 1. The Morgan fingerprint density at radius 2 is 1.42 bits per heavy atom. The van der Waals surface area contributed by atoms with Crippen LogP contribution in [0.4, 0.5) is 0 Å². The van der Waals surface area contributed by atoms with Crippen LogP contribution < -0.4 is 5.32 Å². The van der Waals surface area contributed by atoms with Crippen molar-refractivity contribution in [3.05, 3.63) is 119 Å². The maximum Gasteiger partial charge on any atom is 0.350 e. The van der Waals surface area contributed by atoms with E-state index in [0.717, 1.165) is 6.92 Å². The summed E-state index contributed by atoms with van der Waals surface area (Å²) in [4.78, 5) is 69.6. The van der Waals surface area contributed by atoms with E-state index in [-0.39, 0.29) is 35.3 Å². The van der Waals surface area contributed by atoms with Gasteiger partial charge in [-0.2, -0.15) is 0 Å². The SMILES string of the molecule is CC(=O)OC(C(=O)OC1CC2(O)C(OC(=O)c3ccccc3)C3C4(O)COC4CC(O)[C@@]3(C)C(=O)C(O)C(=C1C)C2(C)C)C(NC(=O)c1ccccc1)c1ccccc1. The van der Waals surface area contributed by atoms with Gasteiger partial charge in [-0.1, -0.05) is 80.6 Å². The third-order valence-electron chi connectivity index (χ3n) is 13.2. The summed E-state index contributed by atoms with van der Waals surface area (Å²) in [6.07, 6.45) is -10.3. The third kappa shape index (κ3) is 6.86. The normalized spacial score (nSPS) is 33.0. The zero-order valence-electron chi connectivity index (χ0n) is 33.4. The number of carbonyl (C=O) groups excluding carboxylic acids is 5. The lowest BCUT2D eigenvalue weighted by Gasteiger charge is -2.66. The van der Waals surface area contributed by atoms with Crippen molar-refractivity contribution in [1.29, 1.82) is 0 Å². The number of ketones is 1. The monoisotopic (exact) mass is 811 g/mol. The van der Waals surface area contributed by atoms with Crippen LogP contribution in [0.3, 0.4) is 0 Å². The fraction of sp³-hybridized carbons (Fsp3) is 0.444. The highest BCUT2D eigenvalue weighted by Crippen LogP contribution is 2.63. The molecule has 312 valence electrons. The molecule has 59 heavy (non-hydrogen) atoms. The van der Waals surface area contributed by atoms with Gasteiger partial charge in [-0.05, 0) is 54.8 Å². The summed E-state index contributed by atoms with van der Waals surface area (Å²) in [5.41, 5.74) is -7.02. The molecule has 2 bridgehead atoms. The van der Waals surface area contributed by atoms with Gasteiger partial charge in [0.15, 0.2) is 5.78 Å². The Balaban J connectivity index is 1.35. The molecule has 1 aliphatic heterocycles. The minimum Gasteiger partial charge on any atom is -0.455 e. The molecule has 5 N–H and O–H groups in total. The van der Waals surface area contributed by atoms with Gasteiger partial charge in [0, 0.05) is 36.7 Å². The molecule has 10 unspecified atom stereocenters. The van der Waals surface area contributed by atoms with Crippen LogP contribution in [0.5, 0.6) is 0 Å².